The van der Waals surface area contributed by atoms with E-state index in [0.29, 0.717) is 5.56 Å². The molecule has 0 fully saturated rings. The first-order chi connectivity index (χ1) is 10.5. The fourth-order valence-electron chi connectivity index (χ4n) is 1.94. The van der Waals surface area contributed by atoms with Gasteiger partial charge >= 0.3 is 6.61 Å². The normalized spacial score (nSPS) is 12.0. The first kappa shape index (κ1) is 15.9. The zero-order valence-corrected chi connectivity index (χ0v) is 11.7. The third-order valence-electron chi connectivity index (χ3n) is 3.07. The molecule has 0 bridgehead atoms. The van der Waals surface area contributed by atoms with Crippen LogP contribution in [0.4, 0.5) is 13.2 Å². The number of alkyl halides is 2. The van der Waals surface area contributed by atoms with Gasteiger partial charge in [-0.1, -0.05) is 24.3 Å². The van der Waals surface area contributed by atoms with E-state index in [-0.39, 0.29) is 11.3 Å². The Kier molecular flexibility index (Phi) is 5.04. The van der Waals surface area contributed by atoms with Gasteiger partial charge in [0.05, 0.1) is 11.6 Å². The van der Waals surface area contributed by atoms with Gasteiger partial charge in [-0.25, -0.2) is 4.39 Å². The molecule has 0 aromatic heterocycles. The van der Waals surface area contributed by atoms with Crippen molar-refractivity contribution in [2.24, 2.45) is 0 Å². The zero-order chi connectivity index (χ0) is 16.1. The predicted molar refractivity (Wildman–Crippen MR) is 75.4 cm³/mol. The zero-order valence-electron chi connectivity index (χ0n) is 11.7. The number of hydrogen-bond acceptors (Lipinski definition) is 2. The van der Waals surface area contributed by atoms with E-state index in [1.807, 2.05) is 0 Å². The molecular weight excluding hydrogens is 295 g/mol. The first-order valence-corrected chi connectivity index (χ1v) is 6.57. The molecule has 0 aliphatic rings. The molecule has 2 aromatic carbocycles. The summed E-state index contributed by atoms with van der Waals surface area (Å²) in [5.41, 5.74) is 0.637. The Morgan fingerprint density at radius 3 is 2.32 bits per heavy atom. The second-order valence-corrected chi connectivity index (χ2v) is 4.62. The molecule has 2 aromatic rings. The fraction of sp³-hybridized carbons (Fsp3) is 0.188. The highest BCUT2D eigenvalue weighted by atomic mass is 19.3. The second-order valence-electron chi connectivity index (χ2n) is 4.62. The average Bonchev–Trinajstić information content (AvgIpc) is 2.47. The summed E-state index contributed by atoms with van der Waals surface area (Å²) in [6, 6.07) is 11.1. The lowest BCUT2D eigenvalue weighted by Gasteiger charge is -2.15. The minimum atomic E-state index is -2.89. The quantitative estimate of drug-likeness (QED) is 0.909. The summed E-state index contributed by atoms with van der Waals surface area (Å²) in [6.45, 7) is -1.18. The van der Waals surface area contributed by atoms with Crippen LogP contribution in [0.5, 0.6) is 5.75 Å². The molecule has 1 amide bonds. The Bertz CT molecular complexity index is 644. The highest BCUT2D eigenvalue weighted by Crippen LogP contribution is 2.19. The minimum Gasteiger partial charge on any atom is -0.435 e. The molecule has 22 heavy (non-hydrogen) atoms. The molecule has 1 atom stereocenters. The lowest BCUT2D eigenvalue weighted by molar-refractivity contribution is -0.0498. The molecule has 2 rings (SSSR count). The molecule has 1 N–H and O–H groups in total. The van der Waals surface area contributed by atoms with Gasteiger partial charge in [0.15, 0.2) is 0 Å². The van der Waals surface area contributed by atoms with Crippen LogP contribution in [0.15, 0.2) is 48.5 Å². The van der Waals surface area contributed by atoms with Crippen LogP contribution in [-0.4, -0.2) is 12.5 Å². The number of ether oxygens (including phenoxy) is 1. The molecule has 0 aliphatic carbocycles. The summed E-state index contributed by atoms with van der Waals surface area (Å²) < 4.78 is 41.9. The molecule has 3 nitrogen and oxygen atoms in total. The van der Waals surface area contributed by atoms with Crippen molar-refractivity contribution in [2.75, 3.05) is 0 Å². The van der Waals surface area contributed by atoms with E-state index < -0.39 is 24.4 Å². The maximum Gasteiger partial charge on any atom is 0.387 e. The SMILES string of the molecule is C[C@@H](NC(=O)c1ccccc1F)c1ccc(OC(F)F)cc1. The van der Waals surface area contributed by atoms with Gasteiger partial charge in [-0.3, -0.25) is 4.79 Å². The summed E-state index contributed by atoms with van der Waals surface area (Å²) in [6.07, 6.45) is 0. The summed E-state index contributed by atoms with van der Waals surface area (Å²) in [4.78, 5) is 12.0. The van der Waals surface area contributed by atoms with E-state index in [4.69, 9.17) is 0 Å². The van der Waals surface area contributed by atoms with E-state index in [0.717, 1.165) is 0 Å². The lowest BCUT2D eigenvalue weighted by atomic mass is 10.1. The van der Waals surface area contributed by atoms with Crippen LogP contribution in [0.1, 0.15) is 28.9 Å². The molecule has 0 unspecified atom stereocenters. The van der Waals surface area contributed by atoms with E-state index >= 15 is 0 Å². The number of hydrogen-bond donors (Lipinski definition) is 1. The van der Waals surface area contributed by atoms with Crippen LogP contribution in [0.25, 0.3) is 0 Å². The molecule has 116 valence electrons. The molecule has 0 saturated heterocycles. The van der Waals surface area contributed by atoms with E-state index in [1.165, 1.54) is 30.3 Å². The Hall–Kier alpha value is -2.50. The molecule has 0 heterocycles. The standard InChI is InChI=1S/C16H14F3NO2/c1-10(11-6-8-12(9-7-11)22-16(18)19)20-15(21)13-4-2-3-5-14(13)17/h2-10,16H,1H3,(H,20,21)/t10-/m1/s1. The molecule has 0 radical (unpaired) electrons. The van der Waals surface area contributed by atoms with Crippen LogP contribution in [0.2, 0.25) is 0 Å². The second kappa shape index (κ2) is 6.98. The van der Waals surface area contributed by atoms with Crippen molar-refractivity contribution in [3.05, 3.63) is 65.5 Å². The van der Waals surface area contributed by atoms with Crippen molar-refractivity contribution in [3.63, 3.8) is 0 Å². The van der Waals surface area contributed by atoms with Crippen molar-refractivity contribution in [3.8, 4) is 5.75 Å². The first-order valence-electron chi connectivity index (χ1n) is 6.57. The van der Waals surface area contributed by atoms with E-state index in [2.05, 4.69) is 10.1 Å². The summed E-state index contributed by atoms with van der Waals surface area (Å²) in [7, 11) is 0. The maximum absolute atomic E-state index is 13.5. The Morgan fingerprint density at radius 2 is 1.73 bits per heavy atom. The molecule has 0 saturated carbocycles. The molecular formula is C16H14F3NO2. The van der Waals surface area contributed by atoms with Gasteiger partial charge in [0.2, 0.25) is 0 Å². The van der Waals surface area contributed by atoms with Crippen molar-refractivity contribution in [2.45, 2.75) is 19.6 Å². The number of benzene rings is 2. The fourth-order valence-corrected chi connectivity index (χ4v) is 1.94. The van der Waals surface area contributed by atoms with E-state index in [1.54, 1.807) is 25.1 Å². The van der Waals surface area contributed by atoms with E-state index in [9.17, 15) is 18.0 Å². The van der Waals surface area contributed by atoms with Gasteiger partial charge in [-0.2, -0.15) is 8.78 Å². The van der Waals surface area contributed by atoms with Crippen LogP contribution in [0.3, 0.4) is 0 Å². The minimum absolute atomic E-state index is 0.0337. The highest BCUT2D eigenvalue weighted by molar-refractivity contribution is 5.94. The number of halogens is 3. The third-order valence-corrected chi connectivity index (χ3v) is 3.07. The largest absolute Gasteiger partial charge is 0.435 e. The number of rotatable bonds is 5. The molecule has 0 spiro atoms. The van der Waals surface area contributed by atoms with Crippen LogP contribution in [-0.2, 0) is 0 Å². The number of carbonyl (C=O) groups excluding carboxylic acids is 1. The summed E-state index contributed by atoms with van der Waals surface area (Å²) in [5.74, 6) is -1.11. The van der Waals surface area contributed by atoms with Crippen molar-refractivity contribution in [1.29, 1.82) is 0 Å². The average molecular weight is 309 g/mol. The maximum atomic E-state index is 13.5. The predicted octanol–water partition coefficient (Wildman–Crippen LogP) is 3.92. The van der Waals surface area contributed by atoms with Crippen molar-refractivity contribution >= 4 is 5.91 Å². The van der Waals surface area contributed by atoms with Crippen LogP contribution in [0, 0.1) is 5.82 Å². The monoisotopic (exact) mass is 309 g/mol. The van der Waals surface area contributed by atoms with Crippen molar-refractivity contribution < 1.29 is 22.7 Å². The Labute approximate surface area is 125 Å². The van der Waals surface area contributed by atoms with Gasteiger partial charge in [0, 0.05) is 0 Å². The molecule has 6 heteroatoms. The van der Waals surface area contributed by atoms with Crippen LogP contribution < -0.4 is 10.1 Å². The third kappa shape index (κ3) is 4.00. The topological polar surface area (TPSA) is 38.3 Å². The van der Waals surface area contributed by atoms with Gasteiger partial charge in [-0.15, -0.1) is 0 Å². The molecule has 0 aliphatic heterocycles. The highest BCUT2D eigenvalue weighted by Gasteiger charge is 2.15. The number of carbonyl (C=O) groups is 1. The smallest absolute Gasteiger partial charge is 0.387 e. The van der Waals surface area contributed by atoms with Gasteiger partial charge in [-0.05, 0) is 36.8 Å². The van der Waals surface area contributed by atoms with Crippen molar-refractivity contribution in [1.82, 2.24) is 5.32 Å². The lowest BCUT2D eigenvalue weighted by Crippen LogP contribution is -2.27. The summed E-state index contributed by atoms with van der Waals surface area (Å²) in [5, 5.41) is 2.65. The number of amides is 1. The van der Waals surface area contributed by atoms with Gasteiger partial charge < -0.3 is 10.1 Å². The van der Waals surface area contributed by atoms with Crippen LogP contribution >= 0.6 is 0 Å². The number of nitrogens with one attached hydrogen (secondary N) is 1. The Morgan fingerprint density at radius 1 is 1.09 bits per heavy atom. The van der Waals surface area contributed by atoms with Gasteiger partial charge in [0.1, 0.15) is 11.6 Å². The van der Waals surface area contributed by atoms with Gasteiger partial charge in [0.25, 0.3) is 5.91 Å². The Balaban J connectivity index is 2.04. The summed E-state index contributed by atoms with van der Waals surface area (Å²) >= 11 is 0.